The number of halogens is 1. The first-order valence-electron chi connectivity index (χ1n) is 8.67. The Kier molecular flexibility index (Phi) is 5.11. The molecule has 138 valence electrons. The number of hydrogen-bond acceptors (Lipinski definition) is 3. The second kappa shape index (κ2) is 7.32. The number of piperidine rings is 1. The summed E-state index contributed by atoms with van der Waals surface area (Å²) in [6, 6.07) is 6.58. The molecular weight excluding hydrogens is 337 g/mol. The van der Waals surface area contributed by atoms with Crippen molar-refractivity contribution in [2.45, 2.75) is 32.1 Å². The molecule has 0 spiro atoms. The molecule has 1 aliphatic rings. The third-order valence-corrected chi connectivity index (χ3v) is 5.26. The number of benzene rings is 2. The monoisotopic (exact) mass is 359 g/mol. The zero-order chi connectivity index (χ0) is 18.8. The highest BCUT2D eigenvalue weighted by Gasteiger charge is 2.27. The molecule has 1 amide bonds. The molecule has 1 heterocycles. The molecule has 0 atom stereocenters. The van der Waals surface area contributed by atoms with Crippen LogP contribution in [0.5, 0.6) is 0 Å². The average molecular weight is 359 g/mol. The number of hydrogen-bond donors (Lipinski definition) is 1. The van der Waals surface area contributed by atoms with Gasteiger partial charge in [0, 0.05) is 13.1 Å². The Morgan fingerprint density at radius 3 is 2.58 bits per heavy atom. The third-order valence-electron chi connectivity index (χ3n) is 5.26. The third kappa shape index (κ3) is 3.49. The number of carbonyl (C=O) groups is 2. The van der Waals surface area contributed by atoms with Crippen LogP contribution in [0.2, 0.25) is 0 Å². The van der Waals surface area contributed by atoms with Crippen molar-refractivity contribution in [1.82, 2.24) is 4.90 Å². The van der Waals surface area contributed by atoms with Crippen LogP contribution in [0.15, 0.2) is 24.3 Å². The molecule has 1 aliphatic heterocycles. The maximum Gasteiger partial charge on any atom is 0.407 e. The largest absolute Gasteiger partial charge is 0.469 e. The molecule has 0 unspecified atom stereocenters. The number of amides is 1. The summed E-state index contributed by atoms with van der Waals surface area (Å²) in [5.74, 6) is -0.490. The molecule has 1 saturated heterocycles. The number of carboxylic acid groups (broad SMARTS) is 1. The lowest BCUT2D eigenvalue weighted by Gasteiger charge is -2.32. The van der Waals surface area contributed by atoms with Gasteiger partial charge in [0.2, 0.25) is 0 Å². The molecule has 0 aromatic heterocycles. The first-order chi connectivity index (χ1) is 12.4. The summed E-state index contributed by atoms with van der Waals surface area (Å²) in [6.45, 7) is 2.86. The van der Waals surface area contributed by atoms with Crippen molar-refractivity contribution in [3.63, 3.8) is 0 Å². The summed E-state index contributed by atoms with van der Waals surface area (Å²) in [5.41, 5.74) is 2.85. The van der Waals surface area contributed by atoms with E-state index < -0.39 is 6.09 Å². The van der Waals surface area contributed by atoms with E-state index in [0.29, 0.717) is 25.9 Å². The van der Waals surface area contributed by atoms with E-state index in [9.17, 15) is 14.0 Å². The zero-order valence-electron chi connectivity index (χ0n) is 14.9. The minimum atomic E-state index is -0.907. The topological polar surface area (TPSA) is 66.8 Å². The van der Waals surface area contributed by atoms with Crippen molar-refractivity contribution in [1.29, 1.82) is 0 Å². The lowest BCUT2D eigenvalue weighted by molar-refractivity contribution is -0.139. The highest BCUT2D eigenvalue weighted by atomic mass is 19.1. The molecule has 6 heteroatoms. The van der Waals surface area contributed by atoms with Crippen molar-refractivity contribution in [2.24, 2.45) is 0 Å². The standard InChI is InChI=1S/C20H22FNO4/c1-12-15(10-18(23)26-2)9-14-3-4-16(21)11-17(14)19(12)13-5-7-22(8-6-13)20(24)25/h3-4,9,11,13H,5-8,10H2,1-2H3,(H,24,25). The van der Waals surface area contributed by atoms with Crippen molar-refractivity contribution < 1.29 is 23.8 Å². The van der Waals surface area contributed by atoms with E-state index in [1.807, 2.05) is 13.0 Å². The van der Waals surface area contributed by atoms with Gasteiger partial charge in [-0.2, -0.15) is 0 Å². The first kappa shape index (κ1) is 18.2. The van der Waals surface area contributed by atoms with Gasteiger partial charge in [-0.25, -0.2) is 9.18 Å². The Hall–Kier alpha value is -2.63. The predicted octanol–water partition coefficient (Wildman–Crippen LogP) is 3.86. The number of ether oxygens (including phenoxy) is 1. The smallest absolute Gasteiger partial charge is 0.407 e. The number of esters is 1. The summed E-state index contributed by atoms with van der Waals surface area (Å²) < 4.78 is 18.7. The maximum absolute atomic E-state index is 13.9. The van der Waals surface area contributed by atoms with Crippen molar-refractivity contribution >= 4 is 22.8 Å². The van der Waals surface area contributed by atoms with Gasteiger partial charge in [0.05, 0.1) is 13.5 Å². The normalized spacial score (nSPS) is 15.3. The van der Waals surface area contributed by atoms with Gasteiger partial charge in [0.25, 0.3) is 0 Å². The fourth-order valence-corrected chi connectivity index (χ4v) is 3.86. The molecule has 0 saturated carbocycles. The van der Waals surface area contributed by atoms with E-state index in [1.54, 1.807) is 6.07 Å². The number of methoxy groups -OCH3 is 1. The first-order valence-corrected chi connectivity index (χ1v) is 8.67. The van der Waals surface area contributed by atoms with Gasteiger partial charge in [-0.05, 0) is 65.3 Å². The maximum atomic E-state index is 13.9. The number of nitrogens with zero attached hydrogens (tertiary/aromatic N) is 1. The lowest BCUT2D eigenvalue weighted by atomic mass is 9.81. The summed E-state index contributed by atoms with van der Waals surface area (Å²) in [4.78, 5) is 24.3. The van der Waals surface area contributed by atoms with Crippen molar-refractivity contribution in [3.05, 3.63) is 46.8 Å². The zero-order valence-corrected chi connectivity index (χ0v) is 14.9. The van der Waals surface area contributed by atoms with Crippen LogP contribution < -0.4 is 0 Å². The fourth-order valence-electron chi connectivity index (χ4n) is 3.86. The van der Waals surface area contributed by atoms with Crippen LogP contribution in [0.1, 0.15) is 35.4 Å². The molecule has 0 bridgehead atoms. The van der Waals surface area contributed by atoms with E-state index in [2.05, 4.69) is 0 Å². The molecular formula is C20H22FNO4. The minimum Gasteiger partial charge on any atom is -0.469 e. The van der Waals surface area contributed by atoms with Gasteiger partial charge in [0.15, 0.2) is 0 Å². The Morgan fingerprint density at radius 2 is 1.96 bits per heavy atom. The van der Waals surface area contributed by atoms with Gasteiger partial charge < -0.3 is 14.7 Å². The molecule has 5 nitrogen and oxygen atoms in total. The molecule has 26 heavy (non-hydrogen) atoms. The van der Waals surface area contributed by atoms with Gasteiger partial charge in [-0.1, -0.05) is 12.1 Å². The number of fused-ring (bicyclic) bond motifs is 1. The van der Waals surface area contributed by atoms with Crippen molar-refractivity contribution in [3.8, 4) is 0 Å². The highest BCUT2D eigenvalue weighted by molar-refractivity contribution is 5.89. The molecule has 0 aliphatic carbocycles. The second-order valence-corrected chi connectivity index (χ2v) is 6.74. The van der Waals surface area contributed by atoms with Gasteiger partial charge in [-0.15, -0.1) is 0 Å². The number of likely N-dealkylation sites (tertiary alicyclic amines) is 1. The molecule has 1 N–H and O–H groups in total. The van der Waals surface area contributed by atoms with E-state index >= 15 is 0 Å². The summed E-state index contributed by atoms with van der Waals surface area (Å²) in [7, 11) is 1.36. The average Bonchev–Trinajstić information content (AvgIpc) is 2.62. The fraction of sp³-hybridized carbons (Fsp3) is 0.400. The molecule has 1 fully saturated rings. The number of rotatable bonds is 3. The van der Waals surface area contributed by atoms with E-state index in [0.717, 1.165) is 27.5 Å². The van der Waals surface area contributed by atoms with Gasteiger partial charge >= 0.3 is 12.1 Å². The van der Waals surface area contributed by atoms with Crippen LogP contribution >= 0.6 is 0 Å². The van der Waals surface area contributed by atoms with Crippen LogP contribution in [0.4, 0.5) is 9.18 Å². The Balaban J connectivity index is 2.06. The van der Waals surface area contributed by atoms with Crippen LogP contribution in [0.3, 0.4) is 0 Å². The predicted molar refractivity (Wildman–Crippen MR) is 95.9 cm³/mol. The van der Waals surface area contributed by atoms with Crippen LogP contribution in [-0.4, -0.2) is 42.3 Å². The molecule has 0 radical (unpaired) electrons. The SMILES string of the molecule is COC(=O)Cc1cc2ccc(F)cc2c(C2CCN(C(=O)O)CC2)c1C. The van der Waals surface area contributed by atoms with Gasteiger partial charge in [0.1, 0.15) is 5.82 Å². The number of carbonyl (C=O) groups excluding carboxylic acids is 1. The summed E-state index contributed by atoms with van der Waals surface area (Å²) in [6.07, 6.45) is 0.618. The van der Waals surface area contributed by atoms with E-state index in [1.165, 1.54) is 24.1 Å². The quantitative estimate of drug-likeness (QED) is 0.845. The molecule has 3 rings (SSSR count). The Labute approximate surface area is 151 Å². The van der Waals surface area contributed by atoms with Gasteiger partial charge in [-0.3, -0.25) is 4.79 Å². The Morgan fingerprint density at radius 1 is 1.27 bits per heavy atom. The summed E-state index contributed by atoms with van der Waals surface area (Å²) >= 11 is 0. The van der Waals surface area contributed by atoms with Crippen LogP contribution in [0, 0.1) is 12.7 Å². The van der Waals surface area contributed by atoms with Crippen LogP contribution in [0.25, 0.3) is 10.8 Å². The van der Waals surface area contributed by atoms with Crippen molar-refractivity contribution in [2.75, 3.05) is 20.2 Å². The summed E-state index contributed by atoms with van der Waals surface area (Å²) in [5, 5.41) is 10.9. The molecule has 2 aromatic carbocycles. The van der Waals surface area contributed by atoms with Crippen LogP contribution in [-0.2, 0) is 16.0 Å². The van der Waals surface area contributed by atoms with E-state index in [4.69, 9.17) is 9.84 Å². The molecule has 2 aromatic rings. The minimum absolute atomic E-state index is 0.132. The second-order valence-electron chi connectivity index (χ2n) is 6.74. The lowest BCUT2D eigenvalue weighted by Crippen LogP contribution is -2.37. The highest BCUT2D eigenvalue weighted by Crippen LogP contribution is 2.37. The Bertz CT molecular complexity index is 857. The van der Waals surface area contributed by atoms with E-state index in [-0.39, 0.29) is 24.1 Å².